The van der Waals surface area contributed by atoms with Crippen molar-refractivity contribution in [2.75, 3.05) is 13.1 Å². The zero-order valence-corrected chi connectivity index (χ0v) is 11.9. The average molecular weight is 266 g/mol. The molecule has 6 heteroatoms. The number of nitrogens with one attached hydrogen (secondary N) is 1. The zero-order valence-electron chi connectivity index (χ0n) is 11.9. The topological polar surface area (TPSA) is 90.1 Å². The van der Waals surface area contributed by atoms with E-state index in [1.807, 2.05) is 27.7 Å². The van der Waals surface area contributed by atoms with E-state index in [2.05, 4.69) is 15.3 Å². The van der Waals surface area contributed by atoms with Crippen LogP contribution in [-0.4, -0.2) is 34.8 Å². The number of amides is 1. The van der Waals surface area contributed by atoms with E-state index in [0.29, 0.717) is 13.1 Å². The molecule has 19 heavy (non-hydrogen) atoms. The smallest absolute Gasteiger partial charge is 0.407 e. The van der Waals surface area contributed by atoms with Gasteiger partial charge in [0.15, 0.2) is 0 Å². The van der Waals surface area contributed by atoms with Crippen LogP contribution in [0.2, 0.25) is 0 Å². The molecule has 1 aromatic heterocycles. The predicted octanol–water partition coefficient (Wildman–Crippen LogP) is 1.22. The lowest BCUT2D eigenvalue weighted by molar-refractivity contribution is 0.0516. The Morgan fingerprint density at radius 3 is 2.37 bits per heavy atom. The van der Waals surface area contributed by atoms with Crippen LogP contribution in [0.3, 0.4) is 0 Å². The van der Waals surface area contributed by atoms with E-state index in [4.69, 9.17) is 10.5 Å². The number of nitrogens with two attached hydrogens (primary N) is 1. The van der Waals surface area contributed by atoms with Crippen molar-refractivity contribution in [2.24, 2.45) is 5.73 Å². The summed E-state index contributed by atoms with van der Waals surface area (Å²) >= 11 is 0. The SMILES string of the molecule is CC(C)(C)OC(=O)NCC(C)(CN)c1cncnc1. The molecule has 1 heterocycles. The molecule has 106 valence electrons. The minimum Gasteiger partial charge on any atom is -0.444 e. The summed E-state index contributed by atoms with van der Waals surface area (Å²) in [6, 6.07) is 0. The highest BCUT2D eigenvalue weighted by molar-refractivity contribution is 5.67. The van der Waals surface area contributed by atoms with Crippen LogP contribution in [0.4, 0.5) is 4.79 Å². The standard InChI is InChI=1S/C13H22N4O2/c1-12(2,3)19-11(18)17-8-13(4,7-14)10-5-15-9-16-6-10/h5-6,9H,7-8,14H2,1-4H3,(H,17,18). The third-order valence-electron chi connectivity index (χ3n) is 2.73. The van der Waals surface area contributed by atoms with Crippen LogP contribution in [0.5, 0.6) is 0 Å². The van der Waals surface area contributed by atoms with Crippen LogP contribution >= 0.6 is 0 Å². The van der Waals surface area contributed by atoms with Crippen molar-refractivity contribution in [1.82, 2.24) is 15.3 Å². The van der Waals surface area contributed by atoms with Crippen molar-refractivity contribution < 1.29 is 9.53 Å². The molecule has 0 bridgehead atoms. The fraction of sp³-hybridized carbons (Fsp3) is 0.615. The molecule has 3 N–H and O–H groups in total. The largest absolute Gasteiger partial charge is 0.444 e. The summed E-state index contributed by atoms with van der Waals surface area (Å²) in [5.74, 6) is 0. The molecule has 0 fully saturated rings. The van der Waals surface area contributed by atoms with Crippen molar-refractivity contribution in [1.29, 1.82) is 0 Å². The van der Waals surface area contributed by atoms with Gasteiger partial charge in [-0.3, -0.25) is 0 Å². The lowest BCUT2D eigenvalue weighted by Gasteiger charge is -2.29. The number of rotatable bonds is 4. The summed E-state index contributed by atoms with van der Waals surface area (Å²) in [7, 11) is 0. The minimum absolute atomic E-state index is 0.367. The highest BCUT2D eigenvalue weighted by Gasteiger charge is 2.27. The summed E-state index contributed by atoms with van der Waals surface area (Å²) in [5.41, 5.74) is 5.75. The van der Waals surface area contributed by atoms with Gasteiger partial charge in [-0.05, 0) is 26.3 Å². The van der Waals surface area contributed by atoms with Crippen molar-refractivity contribution in [3.63, 3.8) is 0 Å². The number of carbonyl (C=O) groups excluding carboxylic acids is 1. The van der Waals surface area contributed by atoms with Crippen LogP contribution in [0, 0.1) is 0 Å². The maximum atomic E-state index is 11.6. The van der Waals surface area contributed by atoms with Crippen LogP contribution in [0.25, 0.3) is 0 Å². The van der Waals surface area contributed by atoms with Gasteiger partial charge in [0, 0.05) is 30.9 Å². The molecular formula is C13H22N4O2. The Morgan fingerprint density at radius 2 is 1.89 bits per heavy atom. The number of nitrogens with zero attached hydrogens (tertiary/aromatic N) is 2. The first-order valence-electron chi connectivity index (χ1n) is 6.19. The molecule has 0 aliphatic rings. The molecule has 0 aromatic carbocycles. The molecule has 0 aliphatic carbocycles. The van der Waals surface area contributed by atoms with Gasteiger partial charge in [0.05, 0.1) is 0 Å². The number of alkyl carbamates (subject to hydrolysis) is 1. The third-order valence-corrected chi connectivity index (χ3v) is 2.73. The number of hydrogen-bond donors (Lipinski definition) is 2. The first kappa shape index (κ1) is 15.4. The first-order chi connectivity index (χ1) is 8.77. The van der Waals surface area contributed by atoms with Gasteiger partial charge in [-0.15, -0.1) is 0 Å². The van der Waals surface area contributed by atoms with Gasteiger partial charge < -0.3 is 15.8 Å². The molecule has 0 saturated heterocycles. The Labute approximate surface area is 113 Å². The van der Waals surface area contributed by atoms with Gasteiger partial charge in [-0.1, -0.05) is 6.92 Å². The van der Waals surface area contributed by atoms with Gasteiger partial charge in [0.25, 0.3) is 0 Å². The second-order valence-electron chi connectivity index (χ2n) is 5.75. The second-order valence-corrected chi connectivity index (χ2v) is 5.75. The van der Waals surface area contributed by atoms with Crippen molar-refractivity contribution in [2.45, 2.75) is 38.7 Å². The lowest BCUT2D eigenvalue weighted by atomic mass is 9.84. The Balaban J connectivity index is 2.65. The molecule has 6 nitrogen and oxygen atoms in total. The van der Waals surface area contributed by atoms with Crippen molar-refractivity contribution in [3.8, 4) is 0 Å². The maximum Gasteiger partial charge on any atom is 0.407 e. The Bertz CT molecular complexity index is 416. The van der Waals surface area contributed by atoms with Crippen LogP contribution in [0.1, 0.15) is 33.3 Å². The van der Waals surface area contributed by atoms with Crippen LogP contribution < -0.4 is 11.1 Å². The number of aromatic nitrogens is 2. The Kier molecular flexibility index (Phi) is 4.83. The second kappa shape index (κ2) is 5.97. The molecule has 1 atom stereocenters. The third kappa shape index (κ3) is 4.82. The summed E-state index contributed by atoms with van der Waals surface area (Å²) in [5, 5.41) is 2.73. The van der Waals surface area contributed by atoms with Gasteiger partial charge in [0.1, 0.15) is 11.9 Å². The molecule has 0 saturated carbocycles. The minimum atomic E-state index is -0.515. The van der Waals surface area contributed by atoms with E-state index in [1.54, 1.807) is 12.4 Å². The average Bonchev–Trinajstić information content (AvgIpc) is 2.35. The van der Waals surface area contributed by atoms with E-state index in [1.165, 1.54) is 6.33 Å². The highest BCUT2D eigenvalue weighted by Crippen LogP contribution is 2.20. The van der Waals surface area contributed by atoms with Crippen molar-refractivity contribution >= 4 is 6.09 Å². The van der Waals surface area contributed by atoms with E-state index in [0.717, 1.165) is 5.56 Å². The maximum absolute atomic E-state index is 11.6. The first-order valence-corrected chi connectivity index (χ1v) is 6.19. The van der Waals surface area contributed by atoms with Gasteiger partial charge >= 0.3 is 6.09 Å². The molecule has 0 aliphatic heterocycles. The van der Waals surface area contributed by atoms with E-state index < -0.39 is 17.1 Å². The number of hydrogen-bond acceptors (Lipinski definition) is 5. The Morgan fingerprint density at radius 1 is 1.32 bits per heavy atom. The molecule has 1 amide bonds. The molecule has 1 rings (SSSR count). The monoisotopic (exact) mass is 266 g/mol. The van der Waals surface area contributed by atoms with E-state index in [-0.39, 0.29) is 0 Å². The van der Waals surface area contributed by atoms with E-state index >= 15 is 0 Å². The quantitative estimate of drug-likeness (QED) is 0.855. The summed E-state index contributed by atoms with van der Waals surface area (Å²) in [6.07, 6.45) is 4.42. The van der Waals surface area contributed by atoms with Gasteiger partial charge in [-0.25, -0.2) is 14.8 Å². The van der Waals surface area contributed by atoms with Crippen molar-refractivity contribution in [3.05, 3.63) is 24.3 Å². The summed E-state index contributed by atoms with van der Waals surface area (Å²) in [6.45, 7) is 8.14. The zero-order chi connectivity index (χ0) is 14.5. The number of ether oxygens (including phenoxy) is 1. The summed E-state index contributed by atoms with van der Waals surface area (Å²) < 4.78 is 5.19. The molecular weight excluding hydrogens is 244 g/mol. The number of carbonyl (C=O) groups is 1. The van der Waals surface area contributed by atoms with Gasteiger partial charge in [-0.2, -0.15) is 0 Å². The fourth-order valence-electron chi connectivity index (χ4n) is 1.48. The lowest BCUT2D eigenvalue weighted by Crippen LogP contribution is -2.45. The van der Waals surface area contributed by atoms with Crippen LogP contribution in [-0.2, 0) is 10.2 Å². The van der Waals surface area contributed by atoms with Gasteiger partial charge in [0.2, 0.25) is 0 Å². The fourth-order valence-corrected chi connectivity index (χ4v) is 1.48. The molecule has 0 radical (unpaired) electrons. The normalized spacial score (nSPS) is 14.6. The molecule has 1 aromatic rings. The van der Waals surface area contributed by atoms with Crippen LogP contribution in [0.15, 0.2) is 18.7 Å². The Hall–Kier alpha value is -1.69. The molecule has 1 unspecified atom stereocenters. The predicted molar refractivity (Wildman–Crippen MR) is 72.7 cm³/mol. The molecule has 0 spiro atoms. The summed E-state index contributed by atoms with van der Waals surface area (Å²) in [4.78, 5) is 19.6. The highest BCUT2D eigenvalue weighted by atomic mass is 16.6. The van der Waals surface area contributed by atoms with E-state index in [9.17, 15) is 4.79 Å².